The number of benzene rings is 10. The third kappa shape index (κ3) is 4.97. The summed E-state index contributed by atoms with van der Waals surface area (Å²) in [5.41, 5.74) is 15.5. The summed E-state index contributed by atoms with van der Waals surface area (Å²) >= 11 is 1.96. The number of rotatable bonds is 6. The van der Waals surface area contributed by atoms with Gasteiger partial charge in [-0.15, -0.1) is 11.3 Å². The molecule has 2 nitrogen and oxygen atoms in total. The number of hydrogen-bond donors (Lipinski definition) is 0. The highest BCUT2D eigenvalue weighted by atomic mass is 32.1. The molecule has 62 heavy (non-hydrogen) atoms. The molecule has 1 unspecified atom stereocenters. The molecule has 0 bridgehead atoms. The molecule has 1 atom stereocenters. The van der Waals surface area contributed by atoms with Crippen molar-refractivity contribution in [2.24, 2.45) is 0 Å². The maximum absolute atomic E-state index is 2.52. The Morgan fingerprint density at radius 3 is 1.42 bits per heavy atom. The second-order valence-corrected chi connectivity index (χ2v) is 17.4. The topological polar surface area (TPSA) is 6.48 Å². The highest BCUT2D eigenvalue weighted by Gasteiger charge is 2.54. The molecule has 11 aromatic rings. The molecule has 3 heteroatoms. The Morgan fingerprint density at radius 1 is 0.323 bits per heavy atom. The Balaban J connectivity index is 1.12. The maximum Gasteiger partial charge on any atom is 0.0820 e. The Hall–Kier alpha value is -7.72. The van der Waals surface area contributed by atoms with Crippen LogP contribution in [0.3, 0.4) is 0 Å². The lowest BCUT2D eigenvalue weighted by molar-refractivity contribution is 0.811. The molecule has 0 radical (unpaired) electrons. The molecule has 0 N–H and O–H groups in total. The molecule has 0 saturated carbocycles. The summed E-state index contributed by atoms with van der Waals surface area (Å²) < 4.78 is 1.32. The first-order valence-corrected chi connectivity index (χ1v) is 22.2. The fourth-order valence-electron chi connectivity index (χ4n) is 10.7. The summed E-state index contributed by atoms with van der Waals surface area (Å²) in [6, 6.07) is 85.2. The fraction of sp³-hybridized carbons (Fsp3) is 0.0169. The van der Waals surface area contributed by atoms with E-state index in [0.717, 1.165) is 34.1 Å². The van der Waals surface area contributed by atoms with Gasteiger partial charge in [0.15, 0.2) is 0 Å². The van der Waals surface area contributed by atoms with Gasteiger partial charge in [0.2, 0.25) is 0 Å². The van der Waals surface area contributed by atoms with Crippen molar-refractivity contribution in [2.45, 2.75) is 5.41 Å². The molecule has 1 aromatic heterocycles. The molecule has 290 valence electrons. The lowest BCUT2D eigenvalue weighted by atomic mass is 9.73. The number of thiophene rings is 1. The summed E-state index contributed by atoms with van der Waals surface area (Å²) in [5, 5.41) is 6.19. The van der Waals surface area contributed by atoms with Crippen molar-refractivity contribution in [2.75, 3.05) is 9.80 Å². The third-order valence-corrected chi connectivity index (χ3v) is 14.5. The molecule has 2 aliphatic carbocycles. The Morgan fingerprint density at radius 2 is 0.790 bits per heavy atom. The zero-order valence-corrected chi connectivity index (χ0v) is 34.6. The van der Waals surface area contributed by atoms with E-state index in [1.807, 2.05) is 11.3 Å². The van der Waals surface area contributed by atoms with Crippen LogP contribution in [0.1, 0.15) is 21.6 Å². The molecule has 0 amide bonds. The van der Waals surface area contributed by atoms with Crippen LogP contribution in [0.5, 0.6) is 0 Å². The van der Waals surface area contributed by atoms with Gasteiger partial charge in [-0.2, -0.15) is 0 Å². The van der Waals surface area contributed by atoms with Crippen LogP contribution in [-0.2, 0) is 5.41 Å². The van der Waals surface area contributed by atoms with Crippen molar-refractivity contribution in [3.63, 3.8) is 0 Å². The van der Waals surface area contributed by atoms with Crippen LogP contribution in [0.4, 0.5) is 34.1 Å². The van der Waals surface area contributed by atoms with Gasteiger partial charge >= 0.3 is 0 Å². The zero-order chi connectivity index (χ0) is 40.8. The van der Waals surface area contributed by atoms with Crippen LogP contribution in [0.2, 0.25) is 0 Å². The molecule has 1 heterocycles. The van der Waals surface area contributed by atoms with Gasteiger partial charge in [-0.25, -0.2) is 0 Å². The van der Waals surface area contributed by atoms with Crippen molar-refractivity contribution in [1.29, 1.82) is 0 Å². The average molecular weight is 807 g/mol. The second-order valence-electron chi connectivity index (χ2n) is 16.4. The maximum atomic E-state index is 2.52. The quantitative estimate of drug-likeness (QED) is 0.165. The summed E-state index contributed by atoms with van der Waals surface area (Å²) in [7, 11) is 0. The second kappa shape index (κ2) is 13.7. The van der Waals surface area contributed by atoms with E-state index in [2.05, 4.69) is 240 Å². The SMILES string of the molecule is c1ccc(N(c2ccc3c(c2)C2(c4ccccc4-3)c3cc(N(c4ccccc4)c4cccc5ccccc45)ccc3-c3c2sc2ccccc32)c2cccc3ccccc23)cc1. The lowest BCUT2D eigenvalue weighted by Crippen LogP contribution is -2.25. The molecule has 0 fully saturated rings. The lowest BCUT2D eigenvalue weighted by Gasteiger charge is -2.33. The standard InChI is InChI=1S/C59H38N2S/c1-3-21-41(22-4-1)60(54-30-15-19-39-17-7-9-25-45(39)54)43-33-35-48-47-27-11-13-29-51(47)59(52(48)37-43)53-38-44(34-36-49(53)57-50-28-12-14-32-56(50)62-58(57)59)61(42-23-5-2-6-24-42)55-31-16-20-40-18-8-10-26-46(40)55/h1-38H. The number of anilines is 6. The van der Waals surface area contributed by atoms with Gasteiger partial charge in [0.25, 0.3) is 0 Å². The first-order valence-electron chi connectivity index (χ1n) is 21.3. The number of para-hydroxylation sites is 2. The van der Waals surface area contributed by atoms with Crippen LogP contribution >= 0.6 is 11.3 Å². The monoisotopic (exact) mass is 806 g/mol. The van der Waals surface area contributed by atoms with E-state index in [0.29, 0.717) is 0 Å². The van der Waals surface area contributed by atoms with Gasteiger partial charge in [-0.1, -0.05) is 164 Å². The predicted molar refractivity (Wildman–Crippen MR) is 263 cm³/mol. The van der Waals surface area contributed by atoms with E-state index < -0.39 is 5.41 Å². The minimum absolute atomic E-state index is 0.561. The van der Waals surface area contributed by atoms with E-state index in [1.165, 1.54) is 75.5 Å². The summed E-state index contributed by atoms with van der Waals surface area (Å²) in [6.07, 6.45) is 0. The minimum Gasteiger partial charge on any atom is -0.310 e. The van der Waals surface area contributed by atoms with Crippen LogP contribution < -0.4 is 9.80 Å². The zero-order valence-electron chi connectivity index (χ0n) is 33.7. The molecule has 0 saturated heterocycles. The summed E-state index contributed by atoms with van der Waals surface area (Å²) in [5.74, 6) is 0. The van der Waals surface area contributed by atoms with Crippen molar-refractivity contribution < 1.29 is 0 Å². The van der Waals surface area contributed by atoms with E-state index in [4.69, 9.17) is 0 Å². The van der Waals surface area contributed by atoms with Gasteiger partial charge in [0.1, 0.15) is 0 Å². The predicted octanol–water partition coefficient (Wildman–Crippen LogP) is 16.5. The number of nitrogens with zero attached hydrogens (tertiary/aromatic N) is 2. The van der Waals surface area contributed by atoms with Crippen molar-refractivity contribution in [3.05, 3.63) is 252 Å². The van der Waals surface area contributed by atoms with Gasteiger partial charge in [-0.05, 0) is 111 Å². The number of hydrogen-bond acceptors (Lipinski definition) is 3. The van der Waals surface area contributed by atoms with Gasteiger partial charge in [0, 0.05) is 54.0 Å². The van der Waals surface area contributed by atoms with Crippen molar-refractivity contribution in [3.8, 4) is 22.3 Å². The Labute approximate surface area is 364 Å². The van der Waals surface area contributed by atoms with Crippen LogP contribution in [0.25, 0.3) is 53.9 Å². The summed E-state index contributed by atoms with van der Waals surface area (Å²) in [6.45, 7) is 0. The molecule has 13 rings (SSSR count). The van der Waals surface area contributed by atoms with Gasteiger partial charge in [0.05, 0.1) is 16.8 Å². The smallest absolute Gasteiger partial charge is 0.0820 e. The molecule has 1 spiro atoms. The van der Waals surface area contributed by atoms with Crippen LogP contribution in [0, 0.1) is 0 Å². The average Bonchev–Trinajstić information content (AvgIpc) is 3.96. The van der Waals surface area contributed by atoms with Gasteiger partial charge in [-0.3, -0.25) is 0 Å². The first kappa shape index (κ1) is 35.1. The third-order valence-electron chi connectivity index (χ3n) is 13.2. The first-order chi connectivity index (χ1) is 30.8. The number of fused-ring (bicyclic) bond motifs is 14. The van der Waals surface area contributed by atoms with Crippen LogP contribution in [-0.4, -0.2) is 0 Å². The van der Waals surface area contributed by atoms with E-state index in [-0.39, 0.29) is 0 Å². The summed E-state index contributed by atoms with van der Waals surface area (Å²) in [4.78, 5) is 6.30. The molecule has 2 aliphatic rings. The highest BCUT2D eigenvalue weighted by Crippen LogP contribution is 2.67. The largest absolute Gasteiger partial charge is 0.310 e. The van der Waals surface area contributed by atoms with Crippen molar-refractivity contribution in [1.82, 2.24) is 0 Å². The van der Waals surface area contributed by atoms with Crippen LogP contribution in [0.15, 0.2) is 231 Å². The van der Waals surface area contributed by atoms with E-state index in [1.54, 1.807) is 0 Å². The molecule has 10 aromatic carbocycles. The highest BCUT2D eigenvalue weighted by molar-refractivity contribution is 7.20. The minimum atomic E-state index is -0.561. The van der Waals surface area contributed by atoms with Crippen molar-refractivity contribution >= 4 is 77.1 Å². The Kier molecular flexibility index (Phi) is 7.72. The normalized spacial score (nSPS) is 14.5. The Bertz CT molecular complexity index is 3540. The van der Waals surface area contributed by atoms with E-state index >= 15 is 0 Å². The molecular weight excluding hydrogens is 769 g/mol. The van der Waals surface area contributed by atoms with Gasteiger partial charge < -0.3 is 9.80 Å². The van der Waals surface area contributed by atoms with E-state index in [9.17, 15) is 0 Å². The fourth-order valence-corrected chi connectivity index (χ4v) is 12.1. The molecular formula is C59H38N2S. The molecule has 0 aliphatic heterocycles.